The topological polar surface area (TPSA) is 49.4 Å². The van der Waals surface area contributed by atoms with Crippen LogP contribution < -0.4 is 10.2 Å². The van der Waals surface area contributed by atoms with Crippen LogP contribution in [0.2, 0.25) is 0 Å². The normalized spacial score (nSPS) is 15.4. The molecule has 24 heavy (non-hydrogen) atoms. The average Bonchev–Trinajstić information content (AvgIpc) is 2.87. The molecule has 0 fully saturated rings. The van der Waals surface area contributed by atoms with E-state index in [0.717, 1.165) is 47.5 Å². The Hall–Kier alpha value is -2.69. The van der Waals surface area contributed by atoms with Crippen LogP contribution in [0.15, 0.2) is 36.4 Å². The second-order valence-electron chi connectivity index (χ2n) is 6.32. The molecule has 0 atom stereocenters. The van der Waals surface area contributed by atoms with Crippen molar-refractivity contribution in [3.8, 4) is 0 Å². The highest BCUT2D eigenvalue weighted by atomic mass is 19.1. The van der Waals surface area contributed by atoms with E-state index in [1.54, 1.807) is 12.1 Å². The number of rotatable bonds is 3. The summed E-state index contributed by atoms with van der Waals surface area (Å²) in [4.78, 5) is 26.1. The van der Waals surface area contributed by atoms with Gasteiger partial charge in [0.25, 0.3) is 0 Å². The van der Waals surface area contributed by atoms with E-state index in [4.69, 9.17) is 0 Å². The van der Waals surface area contributed by atoms with E-state index in [9.17, 15) is 14.0 Å². The molecule has 2 amide bonds. The van der Waals surface area contributed by atoms with Gasteiger partial charge in [-0.25, -0.2) is 4.39 Å². The molecule has 2 aliphatic heterocycles. The minimum atomic E-state index is -0.314. The molecule has 0 aliphatic carbocycles. The summed E-state index contributed by atoms with van der Waals surface area (Å²) in [6.45, 7) is 0.787. The third kappa shape index (κ3) is 2.66. The van der Waals surface area contributed by atoms with Crippen LogP contribution in [0.25, 0.3) is 0 Å². The number of nitrogens with zero attached hydrogens (tertiary/aromatic N) is 1. The fourth-order valence-corrected chi connectivity index (χ4v) is 3.54. The molecule has 2 heterocycles. The first-order valence-corrected chi connectivity index (χ1v) is 8.10. The second-order valence-corrected chi connectivity index (χ2v) is 6.32. The van der Waals surface area contributed by atoms with Gasteiger partial charge in [-0.1, -0.05) is 12.1 Å². The first-order chi connectivity index (χ1) is 11.6. The van der Waals surface area contributed by atoms with Crippen LogP contribution in [0.1, 0.15) is 23.1 Å². The predicted molar refractivity (Wildman–Crippen MR) is 89.6 cm³/mol. The molecule has 2 aliphatic rings. The summed E-state index contributed by atoms with van der Waals surface area (Å²) in [6, 6.07) is 9.78. The summed E-state index contributed by atoms with van der Waals surface area (Å²) >= 11 is 0. The Balaban J connectivity index is 1.53. The molecule has 2 aromatic rings. The first-order valence-electron chi connectivity index (χ1n) is 8.10. The molecule has 0 spiro atoms. The molecule has 0 aromatic heterocycles. The molecule has 4 rings (SSSR count). The van der Waals surface area contributed by atoms with E-state index >= 15 is 0 Å². The second kappa shape index (κ2) is 5.74. The zero-order valence-electron chi connectivity index (χ0n) is 13.1. The van der Waals surface area contributed by atoms with Gasteiger partial charge in [-0.15, -0.1) is 0 Å². The van der Waals surface area contributed by atoms with E-state index in [-0.39, 0.29) is 24.1 Å². The van der Waals surface area contributed by atoms with Crippen LogP contribution in [0.5, 0.6) is 0 Å². The highest BCUT2D eigenvalue weighted by molar-refractivity contribution is 6.04. The molecule has 0 bridgehead atoms. The monoisotopic (exact) mass is 324 g/mol. The van der Waals surface area contributed by atoms with Crippen molar-refractivity contribution in [2.24, 2.45) is 0 Å². The fraction of sp³-hybridized carbons (Fsp3) is 0.263. The van der Waals surface area contributed by atoms with Gasteiger partial charge in [0.15, 0.2) is 0 Å². The number of amides is 2. The first kappa shape index (κ1) is 14.9. The summed E-state index contributed by atoms with van der Waals surface area (Å²) in [5.74, 6) is -0.322. The van der Waals surface area contributed by atoms with Gasteiger partial charge in [-0.3, -0.25) is 9.59 Å². The number of halogens is 1. The number of hydrogen-bond acceptors (Lipinski definition) is 2. The lowest BCUT2D eigenvalue weighted by Crippen LogP contribution is -2.31. The van der Waals surface area contributed by atoms with Gasteiger partial charge in [-0.2, -0.15) is 0 Å². The summed E-state index contributed by atoms with van der Waals surface area (Å²) in [7, 11) is 0. The number of carbonyl (C=O) groups excluding carboxylic acids is 2. The van der Waals surface area contributed by atoms with Crippen molar-refractivity contribution in [1.29, 1.82) is 0 Å². The highest BCUT2D eigenvalue weighted by Crippen LogP contribution is 2.38. The van der Waals surface area contributed by atoms with Gasteiger partial charge in [-0.05, 0) is 53.8 Å². The van der Waals surface area contributed by atoms with Crippen molar-refractivity contribution in [3.05, 3.63) is 58.9 Å². The van der Waals surface area contributed by atoms with Crippen LogP contribution in [0.4, 0.5) is 15.8 Å². The summed E-state index contributed by atoms with van der Waals surface area (Å²) in [6.07, 6.45) is 2.47. The van der Waals surface area contributed by atoms with Gasteiger partial charge in [0.05, 0.1) is 18.5 Å². The van der Waals surface area contributed by atoms with E-state index in [1.165, 1.54) is 12.1 Å². The zero-order valence-corrected chi connectivity index (χ0v) is 13.1. The van der Waals surface area contributed by atoms with Gasteiger partial charge in [0.2, 0.25) is 11.8 Å². The lowest BCUT2D eigenvalue weighted by Gasteiger charge is -2.26. The van der Waals surface area contributed by atoms with Crippen molar-refractivity contribution in [1.82, 2.24) is 0 Å². The molecule has 0 radical (unpaired) electrons. The largest absolute Gasteiger partial charge is 0.326 e. The third-order valence-corrected chi connectivity index (χ3v) is 4.57. The van der Waals surface area contributed by atoms with Crippen LogP contribution in [0.3, 0.4) is 0 Å². The SMILES string of the molecule is O=C(Cc1ccc(F)cc1)Nc1cc2c3c(c1)CC(=O)N3CCC2. The number of nitrogens with one attached hydrogen (secondary N) is 1. The van der Waals surface area contributed by atoms with Crippen molar-refractivity contribution < 1.29 is 14.0 Å². The maximum absolute atomic E-state index is 12.9. The minimum absolute atomic E-state index is 0.140. The number of benzene rings is 2. The van der Waals surface area contributed by atoms with Crippen molar-refractivity contribution in [2.45, 2.75) is 25.7 Å². The fourth-order valence-electron chi connectivity index (χ4n) is 3.54. The van der Waals surface area contributed by atoms with Crippen LogP contribution in [0, 0.1) is 5.82 Å². The van der Waals surface area contributed by atoms with Gasteiger partial charge < -0.3 is 10.2 Å². The molecule has 2 aromatic carbocycles. The van der Waals surface area contributed by atoms with Crippen LogP contribution in [-0.2, 0) is 28.9 Å². The Kier molecular flexibility index (Phi) is 3.56. The molecule has 4 nitrogen and oxygen atoms in total. The van der Waals surface area contributed by atoms with E-state index in [0.29, 0.717) is 6.42 Å². The number of carbonyl (C=O) groups is 2. The number of hydrogen-bond donors (Lipinski definition) is 1. The van der Waals surface area contributed by atoms with Gasteiger partial charge >= 0.3 is 0 Å². The Bertz CT molecular complexity index is 830. The molecule has 122 valence electrons. The highest BCUT2D eigenvalue weighted by Gasteiger charge is 2.32. The van der Waals surface area contributed by atoms with Crippen LogP contribution in [-0.4, -0.2) is 18.4 Å². The lowest BCUT2D eigenvalue weighted by atomic mass is 9.99. The van der Waals surface area contributed by atoms with Gasteiger partial charge in [0, 0.05) is 12.2 Å². The van der Waals surface area contributed by atoms with Gasteiger partial charge in [0.1, 0.15) is 5.82 Å². The Morgan fingerprint density at radius 3 is 2.71 bits per heavy atom. The summed E-state index contributed by atoms with van der Waals surface area (Å²) in [5, 5.41) is 2.90. The van der Waals surface area contributed by atoms with E-state index in [2.05, 4.69) is 5.32 Å². The summed E-state index contributed by atoms with van der Waals surface area (Å²) in [5.41, 5.74) is 4.66. The molecule has 0 unspecified atom stereocenters. The van der Waals surface area contributed by atoms with E-state index < -0.39 is 0 Å². The predicted octanol–water partition coefficient (Wildman–Crippen LogP) is 2.84. The molecular weight excluding hydrogens is 307 g/mol. The Morgan fingerprint density at radius 2 is 1.92 bits per heavy atom. The minimum Gasteiger partial charge on any atom is -0.326 e. The summed E-state index contributed by atoms with van der Waals surface area (Å²) < 4.78 is 12.9. The number of anilines is 2. The Labute approximate surface area is 139 Å². The number of aryl methyl sites for hydroxylation is 1. The Morgan fingerprint density at radius 1 is 1.17 bits per heavy atom. The quantitative estimate of drug-likeness (QED) is 0.944. The van der Waals surface area contributed by atoms with Crippen molar-refractivity contribution >= 4 is 23.2 Å². The molecular formula is C19H17FN2O2. The average molecular weight is 324 g/mol. The zero-order chi connectivity index (χ0) is 16.7. The van der Waals surface area contributed by atoms with E-state index in [1.807, 2.05) is 17.0 Å². The van der Waals surface area contributed by atoms with Crippen molar-refractivity contribution in [2.75, 3.05) is 16.8 Å². The lowest BCUT2D eigenvalue weighted by molar-refractivity contribution is -0.117. The van der Waals surface area contributed by atoms with Crippen molar-refractivity contribution in [3.63, 3.8) is 0 Å². The molecule has 1 N–H and O–H groups in total. The third-order valence-electron chi connectivity index (χ3n) is 4.57. The molecule has 5 heteroatoms. The maximum Gasteiger partial charge on any atom is 0.231 e. The standard InChI is InChI=1S/C19H17FN2O2/c20-15-5-3-12(4-6-15)8-17(23)21-16-9-13-2-1-7-22-18(24)11-14(10-16)19(13)22/h3-6,9-10H,1-2,7-8,11H2,(H,21,23). The molecule has 0 saturated carbocycles. The van der Waals surface area contributed by atoms with Crippen LogP contribution >= 0.6 is 0 Å². The maximum atomic E-state index is 12.9. The smallest absolute Gasteiger partial charge is 0.231 e. The molecule has 0 saturated heterocycles.